The zero-order valence-electron chi connectivity index (χ0n) is 5.31. The molecule has 3 nitrogen and oxygen atoms in total. The van der Waals surface area contributed by atoms with Crippen molar-refractivity contribution in [3.05, 3.63) is 0 Å². The van der Waals surface area contributed by atoms with Crippen molar-refractivity contribution < 1.29 is 4.79 Å². The van der Waals surface area contributed by atoms with Crippen molar-refractivity contribution in [3.8, 4) is 0 Å². The van der Waals surface area contributed by atoms with Gasteiger partial charge in [0.15, 0.2) is 0 Å². The van der Waals surface area contributed by atoms with Gasteiger partial charge in [0.1, 0.15) is 0 Å². The molecule has 0 aromatic heterocycles. The summed E-state index contributed by atoms with van der Waals surface area (Å²) >= 11 is 0. The standard InChI is InChI=1S/C6H11N2O/c9-5-8-6-2-1-3-7-4-6/h6-7H,1-4H2,(H,8,9). The molecule has 1 amide bonds. The Bertz CT molecular complexity index is 89.1. The van der Waals surface area contributed by atoms with Crippen LogP contribution in [0.5, 0.6) is 0 Å². The molecule has 0 aromatic rings. The van der Waals surface area contributed by atoms with Crippen molar-refractivity contribution in [2.24, 2.45) is 0 Å². The first-order valence-corrected chi connectivity index (χ1v) is 3.27. The van der Waals surface area contributed by atoms with Gasteiger partial charge in [0.25, 0.3) is 0 Å². The SMILES string of the molecule is O=[C]NC1CCCNC1. The fourth-order valence-electron chi connectivity index (χ4n) is 1.06. The molecule has 1 atom stereocenters. The lowest BCUT2D eigenvalue weighted by Crippen LogP contribution is -2.42. The highest BCUT2D eigenvalue weighted by molar-refractivity contribution is 5.47. The van der Waals surface area contributed by atoms with Crippen LogP contribution in [0.2, 0.25) is 0 Å². The second-order valence-corrected chi connectivity index (χ2v) is 2.29. The molecular weight excluding hydrogens is 116 g/mol. The van der Waals surface area contributed by atoms with Gasteiger partial charge in [0.05, 0.1) is 0 Å². The van der Waals surface area contributed by atoms with Crippen LogP contribution in [0.25, 0.3) is 0 Å². The summed E-state index contributed by atoms with van der Waals surface area (Å²) in [6.45, 7) is 1.98. The van der Waals surface area contributed by atoms with Gasteiger partial charge < -0.3 is 10.6 Å². The van der Waals surface area contributed by atoms with Crippen molar-refractivity contribution in [1.82, 2.24) is 10.6 Å². The highest BCUT2D eigenvalue weighted by Gasteiger charge is 2.10. The molecule has 9 heavy (non-hydrogen) atoms. The van der Waals surface area contributed by atoms with Gasteiger partial charge in [0, 0.05) is 12.6 Å². The zero-order chi connectivity index (χ0) is 6.53. The average molecular weight is 127 g/mol. The average Bonchev–Trinajstić information content (AvgIpc) is 1.91. The van der Waals surface area contributed by atoms with E-state index in [4.69, 9.17) is 0 Å². The van der Waals surface area contributed by atoms with E-state index in [1.54, 1.807) is 6.41 Å². The number of piperidine rings is 1. The van der Waals surface area contributed by atoms with Gasteiger partial charge in [-0.3, -0.25) is 4.79 Å². The smallest absolute Gasteiger partial charge is 0.309 e. The van der Waals surface area contributed by atoms with Crippen LogP contribution in [0.4, 0.5) is 0 Å². The minimum Gasteiger partial charge on any atom is -0.344 e. The molecule has 2 N–H and O–H groups in total. The minimum atomic E-state index is 0.316. The fraction of sp³-hybridized carbons (Fsp3) is 0.833. The third kappa shape index (κ3) is 2.01. The van der Waals surface area contributed by atoms with E-state index in [0.717, 1.165) is 25.9 Å². The summed E-state index contributed by atoms with van der Waals surface area (Å²) in [6.07, 6.45) is 3.94. The Morgan fingerprint density at radius 2 is 2.56 bits per heavy atom. The number of hydrogen-bond donors (Lipinski definition) is 2. The van der Waals surface area contributed by atoms with E-state index in [9.17, 15) is 4.79 Å². The maximum atomic E-state index is 9.81. The Morgan fingerprint density at radius 1 is 1.67 bits per heavy atom. The molecule has 1 aliphatic heterocycles. The largest absolute Gasteiger partial charge is 0.344 e. The molecule has 0 spiro atoms. The lowest BCUT2D eigenvalue weighted by atomic mass is 10.1. The molecule has 0 saturated carbocycles. The number of hydrogen-bond acceptors (Lipinski definition) is 2. The number of carbonyl (C=O) groups excluding carboxylic acids is 1. The quantitative estimate of drug-likeness (QED) is 0.486. The monoisotopic (exact) mass is 127 g/mol. The van der Waals surface area contributed by atoms with Crippen molar-refractivity contribution >= 4 is 6.41 Å². The number of nitrogens with one attached hydrogen (secondary N) is 2. The predicted octanol–water partition coefficient (Wildman–Crippen LogP) is -0.605. The fourth-order valence-corrected chi connectivity index (χ4v) is 1.06. The van der Waals surface area contributed by atoms with Crippen LogP contribution in [-0.2, 0) is 4.79 Å². The molecule has 51 valence electrons. The Kier molecular flexibility index (Phi) is 2.51. The Morgan fingerprint density at radius 3 is 3.11 bits per heavy atom. The maximum absolute atomic E-state index is 9.81. The van der Waals surface area contributed by atoms with E-state index in [1.807, 2.05) is 0 Å². The first kappa shape index (κ1) is 6.55. The first-order chi connectivity index (χ1) is 4.43. The van der Waals surface area contributed by atoms with Crippen LogP contribution in [0, 0.1) is 0 Å². The summed E-state index contributed by atoms with van der Waals surface area (Å²) in [4.78, 5) is 9.81. The van der Waals surface area contributed by atoms with Crippen LogP contribution >= 0.6 is 0 Å². The molecule has 1 rings (SSSR count). The Labute approximate surface area is 54.8 Å². The molecular formula is C6H11N2O. The third-order valence-electron chi connectivity index (χ3n) is 1.56. The molecule has 1 unspecified atom stereocenters. The van der Waals surface area contributed by atoms with Crippen molar-refractivity contribution in [1.29, 1.82) is 0 Å². The molecule has 1 radical (unpaired) electrons. The highest BCUT2D eigenvalue weighted by Crippen LogP contribution is 1.99. The van der Waals surface area contributed by atoms with Crippen LogP contribution in [0.15, 0.2) is 0 Å². The van der Waals surface area contributed by atoms with Crippen LogP contribution in [0.3, 0.4) is 0 Å². The Hall–Kier alpha value is -0.570. The van der Waals surface area contributed by atoms with Crippen molar-refractivity contribution in [2.75, 3.05) is 13.1 Å². The first-order valence-electron chi connectivity index (χ1n) is 3.27. The summed E-state index contributed by atoms with van der Waals surface area (Å²) < 4.78 is 0. The third-order valence-corrected chi connectivity index (χ3v) is 1.56. The van der Waals surface area contributed by atoms with Crippen molar-refractivity contribution in [2.45, 2.75) is 18.9 Å². The molecule has 0 aromatic carbocycles. The van der Waals surface area contributed by atoms with Gasteiger partial charge in [-0.25, -0.2) is 0 Å². The summed E-state index contributed by atoms with van der Waals surface area (Å²) in [7, 11) is 0. The van der Waals surface area contributed by atoms with Gasteiger partial charge in [-0.1, -0.05) is 0 Å². The Balaban J connectivity index is 2.15. The lowest BCUT2D eigenvalue weighted by Gasteiger charge is -2.20. The second kappa shape index (κ2) is 3.45. The molecule has 0 aliphatic carbocycles. The molecule has 0 bridgehead atoms. The van der Waals surface area contributed by atoms with Crippen LogP contribution in [0.1, 0.15) is 12.8 Å². The summed E-state index contributed by atoms with van der Waals surface area (Å²) in [6, 6.07) is 0.316. The number of amides is 1. The summed E-state index contributed by atoms with van der Waals surface area (Å²) in [5.74, 6) is 0. The van der Waals surface area contributed by atoms with E-state index in [-0.39, 0.29) is 0 Å². The number of rotatable bonds is 2. The zero-order valence-corrected chi connectivity index (χ0v) is 5.31. The second-order valence-electron chi connectivity index (χ2n) is 2.29. The normalized spacial score (nSPS) is 27.3. The molecule has 3 heteroatoms. The van der Waals surface area contributed by atoms with Gasteiger partial charge in [-0.15, -0.1) is 0 Å². The topological polar surface area (TPSA) is 41.1 Å². The molecule has 1 aliphatic rings. The van der Waals surface area contributed by atoms with Gasteiger partial charge in [-0.05, 0) is 19.4 Å². The van der Waals surface area contributed by atoms with E-state index in [2.05, 4.69) is 10.6 Å². The van der Waals surface area contributed by atoms with Gasteiger partial charge in [-0.2, -0.15) is 0 Å². The van der Waals surface area contributed by atoms with E-state index in [1.165, 1.54) is 0 Å². The minimum absolute atomic E-state index is 0.316. The van der Waals surface area contributed by atoms with E-state index >= 15 is 0 Å². The highest BCUT2D eigenvalue weighted by atomic mass is 16.1. The molecule has 1 fully saturated rings. The predicted molar refractivity (Wildman–Crippen MR) is 34.7 cm³/mol. The lowest BCUT2D eigenvalue weighted by molar-refractivity contribution is 0.419. The van der Waals surface area contributed by atoms with E-state index < -0.39 is 0 Å². The van der Waals surface area contributed by atoms with Crippen molar-refractivity contribution in [3.63, 3.8) is 0 Å². The van der Waals surface area contributed by atoms with Crippen LogP contribution in [-0.4, -0.2) is 25.5 Å². The van der Waals surface area contributed by atoms with E-state index in [0.29, 0.717) is 6.04 Å². The summed E-state index contributed by atoms with van der Waals surface area (Å²) in [5.41, 5.74) is 0. The maximum Gasteiger partial charge on any atom is 0.309 e. The van der Waals surface area contributed by atoms with Gasteiger partial charge in [0.2, 0.25) is 0 Å². The summed E-state index contributed by atoms with van der Waals surface area (Å²) in [5, 5.41) is 5.79. The van der Waals surface area contributed by atoms with Gasteiger partial charge >= 0.3 is 6.41 Å². The molecule has 1 heterocycles. The molecule has 1 saturated heterocycles. The van der Waals surface area contributed by atoms with Crippen LogP contribution < -0.4 is 10.6 Å².